The number of halogens is 2. The van der Waals surface area contributed by atoms with Crippen molar-refractivity contribution in [3.05, 3.63) is 24.4 Å². The molecule has 1 nitrogen and oxygen atoms in total. The summed E-state index contributed by atoms with van der Waals surface area (Å²) in [6, 6.07) is 0. The molecule has 1 rings (SSSR count). The van der Waals surface area contributed by atoms with E-state index in [1.54, 1.807) is 18.2 Å². The highest BCUT2D eigenvalue weighted by Crippen LogP contribution is 2.06. The molecule has 0 N–H and O–H groups in total. The van der Waals surface area contributed by atoms with E-state index in [0.29, 0.717) is 6.54 Å². The molecule has 9 heavy (non-hydrogen) atoms. The fourth-order valence-corrected chi connectivity index (χ4v) is 0.627. The van der Waals surface area contributed by atoms with Crippen LogP contribution in [-0.2, 0) is 0 Å². The fraction of sp³-hybridized carbons (Fsp3) is 0.333. The second-order valence-corrected chi connectivity index (χ2v) is 1.74. The van der Waals surface area contributed by atoms with Gasteiger partial charge in [0.1, 0.15) is 0 Å². The van der Waals surface area contributed by atoms with E-state index in [9.17, 15) is 8.78 Å². The molecule has 0 saturated carbocycles. The van der Waals surface area contributed by atoms with E-state index in [4.69, 9.17) is 0 Å². The predicted molar refractivity (Wildman–Crippen MR) is 31.0 cm³/mol. The number of allylic oxidation sites excluding steroid dienone is 2. The van der Waals surface area contributed by atoms with Gasteiger partial charge in [0.25, 0.3) is 0 Å². The van der Waals surface area contributed by atoms with Crippen molar-refractivity contribution in [2.45, 2.75) is 6.55 Å². The maximum Gasteiger partial charge on any atom is 0.315 e. The van der Waals surface area contributed by atoms with Gasteiger partial charge in [-0.05, 0) is 6.08 Å². The topological polar surface area (TPSA) is 3.24 Å². The Kier molecular flexibility index (Phi) is 1.82. The molecule has 0 amide bonds. The van der Waals surface area contributed by atoms with E-state index in [1.807, 2.05) is 0 Å². The molecule has 0 unspecified atom stereocenters. The van der Waals surface area contributed by atoms with Crippen molar-refractivity contribution in [3.63, 3.8) is 0 Å². The molecule has 3 heteroatoms. The normalized spacial score (nSPS) is 17.4. The Morgan fingerprint density at radius 1 is 1.33 bits per heavy atom. The zero-order valence-corrected chi connectivity index (χ0v) is 4.80. The molecule has 0 saturated heterocycles. The minimum absolute atomic E-state index is 0.314. The lowest BCUT2D eigenvalue weighted by Crippen LogP contribution is -2.24. The van der Waals surface area contributed by atoms with Gasteiger partial charge in [-0.1, -0.05) is 12.2 Å². The van der Waals surface area contributed by atoms with Gasteiger partial charge in [0, 0.05) is 12.7 Å². The molecule has 0 aromatic carbocycles. The van der Waals surface area contributed by atoms with Gasteiger partial charge >= 0.3 is 6.55 Å². The fourth-order valence-electron chi connectivity index (χ4n) is 0.627. The highest BCUT2D eigenvalue weighted by atomic mass is 19.3. The van der Waals surface area contributed by atoms with E-state index in [1.165, 1.54) is 6.20 Å². The molecule has 1 aliphatic rings. The van der Waals surface area contributed by atoms with Crippen LogP contribution in [0.3, 0.4) is 0 Å². The second kappa shape index (κ2) is 2.62. The average molecular weight is 131 g/mol. The van der Waals surface area contributed by atoms with Crippen molar-refractivity contribution in [1.82, 2.24) is 4.90 Å². The number of nitrogens with zero attached hydrogens (tertiary/aromatic N) is 1. The molecule has 1 heterocycles. The summed E-state index contributed by atoms with van der Waals surface area (Å²) in [5.74, 6) is 0. The molecular weight excluding hydrogens is 124 g/mol. The quantitative estimate of drug-likeness (QED) is 0.488. The van der Waals surface area contributed by atoms with Gasteiger partial charge in [-0.2, -0.15) is 8.78 Å². The monoisotopic (exact) mass is 131 g/mol. The van der Waals surface area contributed by atoms with Crippen molar-refractivity contribution >= 4 is 0 Å². The molecule has 0 radical (unpaired) electrons. The standard InChI is InChI=1S/C6H7F2N/c7-6(8)9-4-2-1-3-5-9/h1-4,6H,5H2. The SMILES string of the molecule is FC(F)N1C=CC=CC1. The van der Waals surface area contributed by atoms with E-state index in [2.05, 4.69) is 0 Å². The molecule has 1 aliphatic heterocycles. The summed E-state index contributed by atoms with van der Waals surface area (Å²) in [7, 11) is 0. The Bertz CT molecular complexity index is 140. The predicted octanol–water partition coefficient (Wildman–Crippen LogP) is 1.59. The zero-order valence-electron chi connectivity index (χ0n) is 4.80. The van der Waals surface area contributed by atoms with Crippen LogP contribution in [0, 0.1) is 0 Å². The van der Waals surface area contributed by atoms with Gasteiger partial charge in [0.15, 0.2) is 0 Å². The Morgan fingerprint density at radius 2 is 2.11 bits per heavy atom. The molecular formula is C6H7F2N. The molecule has 50 valence electrons. The smallest absolute Gasteiger partial charge is 0.315 e. The molecule has 0 aliphatic carbocycles. The lowest BCUT2D eigenvalue weighted by atomic mass is 10.4. The van der Waals surface area contributed by atoms with Gasteiger partial charge in [-0.15, -0.1) is 0 Å². The van der Waals surface area contributed by atoms with Crippen LogP contribution in [0.1, 0.15) is 0 Å². The Balaban J connectivity index is 2.46. The van der Waals surface area contributed by atoms with Crippen LogP contribution in [0.5, 0.6) is 0 Å². The highest BCUT2D eigenvalue weighted by Gasteiger charge is 2.09. The minimum Gasteiger partial charge on any atom is -0.319 e. The first kappa shape index (κ1) is 6.26. The van der Waals surface area contributed by atoms with Crippen molar-refractivity contribution in [2.24, 2.45) is 0 Å². The molecule has 0 bridgehead atoms. The summed E-state index contributed by atoms with van der Waals surface area (Å²) in [6.07, 6.45) is 6.41. The van der Waals surface area contributed by atoms with Crippen molar-refractivity contribution in [3.8, 4) is 0 Å². The maximum atomic E-state index is 11.8. The largest absolute Gasteiger partial charge is 0.319 e. The lowest BCUT2D eigenvalue weighted by Gasteiger charge is -2.18. The molecule has 0 atom stereocenters. The second-order valence-electron chi connectivity index (χ2n) is 1.74. The van der Waals surface area contributed by atoms with Crippen molar-refractivity contribution < 1.29 is 8.78 Å². The summed E-state index contributed by atoms with van der Waals surface area (Å²) in [5, 5.41) is 0. The van der Waals surface area contributed by atoms with Crippen molar-refractivity contribution in [2.75, 3.05) is 6.54 Å². The summed E-state index contributed by atoms with van der Waals surface area (Å²) in [6.45, 7) is -2.06. The Labute approximate surface area is 52.3 Å². The van der Waals surface area contributed by atoms with Crippen LogP contribution < -0.4 is 0 Å². The van der Waals surface area contributed by atoms with Crippen LogP contribution in [-0.4, -0.2) is 18.0 Å². The lowest BCUT2D eigenvalue weighted by molar-refractivity contribution is 0.0126. The van der Waals surface area contributed by atoms with E-state index < -0.39 is 6.55 Å². The van der Waals surface area contributed by atoms with E-state index in [0.717, 1.165) is 4.90 Å². The van der Waals surface area contributed by atoms with Crippen LogP contribution in [0.4, 0.5) is 8.78 Å². The number of alkyl halides is 2. The number of rotatable bonds is 1. The third kappa shape index (κ3) is 1.52. The third-order valence-electron chi connectivity index (χ3n) is 1.09. The van der Waals surface area contributed by atoms with E-state index in [-0.39, 0.29) is 0 Å². The molecule has 0 aromatic heterocycles. The van der Waals surface area contributed by atoms with Gasteiger partial charge in [0.2, 0.25) is 0 Å². The molecule has 0 spiro atoms. The van der Waals surface area contributed by atoms with Gasteiger partial charge in [0.05, 0.1) is 0 Å². The summed E-state index contributed by atoms with van der Waals surface area (Å²) < 4.78 is 23.5. The number of hydrogen-bond acceptors (Lipinski definition) is 1. The van der Waals surface area contributed by atoms with Crippen LogP contribution in [0.25, 0.3) is 0 Å². The minimum atomic E-state index is -2.37. The highest BCUT2D eigenvalue weighted by molar-refractivity contribution is 5.08. The molecule has 0 fully saturated rings. The average Bonchev–Trinajstić information content (AvgIpc) is 1.90. The molecule has 0 aromatic rings. The first-order valence-corrected chi connectivity index (χ1v) is 2.68. The van der Waals surface area contributed by atoms with Crippen LogP contribution in [0.2, 0.25) is 0 Å². The Morgan fingerprint density at radius 3 is 2.44 bits per heavy atom. The van der Waals surface area contributed by atoms with Gasteiger partial charge in [-0.25, -0.2) is 0 Å². The van der Waals surface area contributed by atoms with Gasteiger partial charge < -0.3 is 4.90 Å². The van der Waals surface area contributed by atoms with E-state index >= 15 is 0 Å². The van der Waals surface area contributed by atoms with Crippen molar-refractivity contribution in [1.29, 1.82) is 0 Å². The zero-order chi connectivity index (χ0) is 6.69. The summed E-state index contributed by atoms with van der Waals surface area (Å²) in [4.78, 5) is 0.958. The Hall–Kier alpha value is -0.860. The maximum absolute atomic E-state index is 11.8. The third-order valence-corrected chi connectivity index (χ3v) is 1.09. The first-order chi connectivity index (χ1) is 4.30. The number of hydrogen-bond donors (Lipinski definition) is 0. The first-order valence-electron chi connectivity index (χ1n) is 2.68. The van der Waals surface area contributed by atoms with Crippen LogP contribution >= 0.6 is 0 Å². The summed E-state index contributed by atoms with van der Waals surface area (Å²) >= 11 is 0. The summed E-state index contributed by atoms with van der Waals surface area (Å²) in [5.41, 5.74) is 0. The van der Waals surface area contributed by atoms with Gasteiger partial charge in [-0.3, -0.25) is 0 Å². The van der Waals surface area contributed by atoms with Crippen LogP contribution in [0.15, 0.2) is 24.4 Å².